The lowest BCUT2D eigenvalue weighted by atomic mass is 9.96. The standard InChI is InChI=1S/C24H18F3IO3S/c25-24(26,27)18-8-4-7-17(13-18)20(16-5-2-1-3-6-16)11-12-32-19-9-10-22(21(28)14-19)31-15-23(29)30/h1-11,13-14H,12,15H2,(H,29,30)/b20-11-. The molecule has 0 bridgehead atoms. The van der Waals surface area contributed by atoms with E-state index in [0.717, 1.165) is 25.7 Å². The number of halogens is 4. The van der Waals surface area contributed by atoms with Gasteiger partial charge < -0.3 is 9.84 Å². The summed E-state index contributed by atoms with van der Waals surface area (Å²) in [6.45, 7) is -0.414. The molecule has 0 spiro atoms. The second kappa shape index (κ2) is 10.9. The molecule has 0 amide bonds. The normalized spacial score (nSPS) is 11.9. The zero-order chi connectivity index (χ0) is 23.1. The zero-order valence-electron chi connectivity index (χ0n) is 16.6. The first-order valence-electron chi connectivity index (χ1n) is 9.44. The third-order valence-electron chi connectivity index (χ3n) is 4.38. The highest BCUT2D eigenvalue weighted by molar-refractivity contribution is 14.1. The molecule has 0 saturated heterocycles. The lowest BCUT2D eigenvalue weighted by Gasteiger charge is -2.13. The molecule has 0 saturated carbocycles. The van der Waals surface area contributed by atoms with E-state index >= 15 is 0 Å². The molecule has 0 aliphatic carbocycles. The molecule has 0 heterocycles. The maximum absolute atomic E-state index is 13.2. The van der Waals surface area contributed by atoms with Crippen LogP contribution in [0.15, 0.2) is 83.8 Å². The van der Waals surface area contributed by atoms with Crippen LogP contribution in [0.3, 0.4) is 0 Å². The number of ether oxygens (including phenoxy) is 1. The molecule has 0 unspecified atom stereocenters. The van der Waals surface area contributed by atoms with Gasteiger partial charge in [-0.3, -0.25) is 0 Å². The van der Waals surface area contributed by atoms with E-state index in [4.69, 9.17) is 9.84 Å². The molecule has 8 heteroatoms. The van der Waals surface area contributed by atoms with Crippen LogP contribution in [-0.2, 0) is 11.0 Å². The van der Waals surface area contributed by atoms with Crippen LogP contribution in [0.25, 0.3) is 5.57 Å². The molecule has 0 aromatic heterocycles. The van der Waals surface area contributed by atoms with Crippen molar-refractivity contribution in [1.29, 1.82) is 0 Å². The Morgan fingerprint density at radius 3 is 2.38 bits per heavy atom. The van der Waals surface area contributed by atoms with Crippen molar-refractivity contribution in [2.24, 2.45) is 0 Å². The van der Waals surface area contributed by atoms with Crippen molar-refractivity contribution >= 4 is 45.9 Å². The largest absolute Gasteiger partial charge is 0.481 e. The van der Waals surface area contributed by atoms with E-state index in [1.54, 1.807) is 12.1 Å². The van der Waals surface area contributed by atoms with Crippen LogP contribution in [0.5, 0.6) is 5.75 Å². The summed E-state index contributed by atoms with van der Waals surface area (Å²) >= 11 is 3.59. The summed E-state index contributed by atoms with van der Waals surface area (Å²) in [5.74, 6) is -0.0273. The Kier molecular flexibility index (Phi) is 8.25. The van der Waals surface area contributed by atoms with E-state index in [9.17, 15) is 18.0 Å². The van der Waals surface area contributed by atoms with Gasteiger partial charge in [0.15, 0.2) is 6.61 Å². The Balaban J connectivity index is 1.82. The van der Waals surface area contributed by atoms with Crippen molar-refractivity contribution in [2.45, 2.75) is 11.1 Å². The quantitative estimate of drug-likeness (QED) is 0.234. The third-order valence-corrected chi connectivity index (χ3v) is 6.14. The van der Waals surface area contributed by atoms with Crippen molar-refractivity contribution in [1.82, 2.24) is 0 Å². The summed E-state index contributed by atoms with van der Waals surface area (Å²) in [7, 11) is 0. The highest BCUT2D eigenvalue weighted by Crippen LogP contribution is 2.33. The van der Waals surface area contributed by atoms with Gasteiger partial charge in [-0.15, -0.1) is 11.8 Å². The van der Waals surface area contributed by atoms with Crippen molar-refractivity contribution < 1.29 is 27.8 Å². The molecular weight excluding hydrogens is 552 g/mol. The van der Waals surface area contributed by atoms with Crippen molar-refractivity contribution in [3.63, 3.8) is 0 Å². The first kappa shape index (κ1) is 24.2. The highest BCUT2D eigenvalue weighted by atomic mass is 127. The topological polar surface area (TPSA) is 46.5 Å². The van der Waals surface area contributed by atoms with Gasteiger partial charge in [0.25, 0.3) is 0 Å². The number of rotatable bonds is 8. The van der Waals surface area contributed by atoms with E-state index in [2.05, 4.69) is 22.6 Å². The molecule has 3 rings (SSSR count). The highest BCUT2D eigenvalue weighted by Gasteiger charge is 2.30. The Hall–Kier alpha value is -2.46. The molecule has 0 radical (unpaired) electrons. The molecule has 32 heavy (non-hydrogen) atoms. The fourth-order valence-electron chi connectivity index (χ4n) is 2.93. The van der Waals surface area contributed by atoms with Crippen LogP contribution in [0.2, 0.25) is 0 Å². The van der Waals surface area contributed by atoms with E-state index in [0.29, 0.717) is 17.1 Å². The molecular formula is C24H18F3IO3S. The molecule has 0 atom stereocenters. The van der Waals surface area contributed by atoms with Gasteiger partial charge in [0.1, 0.15) is 5.75 Å². The molecule has 0 fully saturated rings. The predicted molar refractivity (Wildman–Crippen MR) is 128 cm³/mol. The Morgan fingerprint density at radius 1 is 1.00 bits per heavy atom. The van der Waals surface area contributed by atoms with Gasteiger partial charge >= 0.3 is 12.1 Å². The third kappa shape index (κ3) is 6.77. The fraction of sp³-hybridized carbons (Fsp3) is 0.125. The van der Waals surface area contributed by atoms with Gasteiger partial charge in [0.2, 0.25) is 0 Å². The van der Waals surface area contributed by atoms with Crippen molar-refractivity contribution in [3.8, 4) is 5.75 Å². The minimum Gasteiger partial charge on any atom is -0.481 e. The van der Waals surface area contributed by atoms with Gasteiger partial charge in [-0.1, -0.05) is 48.5 Å². The van der Waals surface area contributed by atoms with Crippen molar-refractivity contribution in [3.05, 3.63) is 99.1 Å². The van der Waals surface area contributed by atoms with Gasteiger partial charge in [-0.05, 0) is 69.6 Å². The molecule has 3 nitrogen and oxygen atoms in total. The average Bonchev–Trinajstić information content (AvgIpc) is 2.76. The molecule has 0 aliphatic rings. The second-order valence-electron chi connectivity index (χ2n) is 6.65. The lowest BCUT2D eigenvalue weighted by molar-refractivity contribution is -0.139. The first-order valence-corrected chi connectivity index (χ1v) is 11.5. The minimum atomic E-state index is -4.41. The second-order valence-corrected chi connectivity index (χ2v) is 8.90. The van der Waals surface area contributed by atoms with Gasteiger partial charge in [0.05, 0.1) is 9.13 Å². The maximum Gasteiger partial charge on any atom is 0.416 e. The zero-order valence-corrected chi connectivity index (χ0v) is 19.6. The monoisotopic (exact) mass is 570 g/mol. The van der Waals surface area contributed by atoms with Crippen molar-refractivity contribution in [2.75, 3.05) is 12.4 Å². The molecule has 166 valence electrons. The average molecular weight is 570 g/mol. The van der Waals surface area contributed by atoms with Crippen LogP contribution in [0.4, 0.5) is 13.2 Å². The maximum atomic E-state index is 13.2. The van der Waals surface area contributed by atoms with Gasteiger partial charge in [-0.25, -0.2) is 4.79 Å². The number of thioether (sulfide) groups is 1. The van der Waals surface area contributed by atoms with Crippen LogP contribution in [-0.4, -0.2) is 23.4 Å². The fourth-order valence-corrected chi connectivity index (χ4v) is 4.62. The van der Waals surface area contributed by atoms with Crippen LogP contribution in [0.1, 0.15) is 16.7 Å². The molecule has 3 aromatic carbocycles. The van der Waals surface area contributed by atoms with E-state index in [-0.39, 0.29) is 0 Å². The van der Waals surface area contributed by atoms with E-state index < -0.39 is 24.3 Å². The number of benzene rings is 3. The smallest absolute Gasteiger partial charge is 0.416 e. The number of alkyl halides is 3. The number of carboxylic acid groups (broad SMARTS) is 1. The summed E-state index contributed by atoms with van der Waals surface area (Å²) in [4.78, 5) is 11.6. The summed E-state index contributed by atoms with van der Waals surface area (Å²) in [6.07, 6.45) is -2.50. The Bertz CT molecular complexity index is 1110. The number of carbonyl (C=O) groups is 1. The van der Waals surface area contributed by atoms with Crippen LogP contribution >= 0.6 is 34.4 Å². The Morgan fingerprint density at radius 2 is 1.72 bits per heavy atom. The number of aliphatic carboxylic acids is 1. The summed E-state index contributed by atoms with van der Waals surface area (Å²) < 4.78 is 45.6. The van der Waals surface area contributed by atoms with Gasteiger partial charge in [0, 0.05) is 10.6 Å². The SMILES string of the molecule is O=C(O)COc1ccc(SC/C=C(/c2ccccc2)c2cccc(C(F)(F)F)c2)cc1I. The molecule has 3 aromatic rings. The summed E-state index contributed by atoms with van der Waals surface area (Å²) in [6, 6.07) is 20.0. The first-order chi connectivity index (χ1) is 15.2. The van der Waals surface area contributed by atoms with Gasteiger partial charge in [-0.2, -0.15) is 13.2 Å². The van der Waals surface area contributed by atoms with Crippen LogP contribution < -0.4 is 4.74 Å². The lowest BCUT2D eigenvalue weighted by Crippen LogP contribution is -2.10. The summed E-state index contributed by atoms with van der Waals surface area (Å²) in [5.41, 5.74) is 1.37. The predicted octanol–water partition coefficient (Wildman–Crippen LogP) is 7.00. The number of hydrogen-bond donors (Lipinski definition) is 1. The minimum absolute atomic E-state index is 0.414. The summed E-state index contributed by atoms with van der Waals surface area (Å²) in [5, 5.41) is 8.74. The molecule has 0 aliphatic heterocycles. The molecule has 1 N–H and O–H groups in total. The van der Waals surface area contributed by atoms with E-state index in [1.807, 2.05) is 48.5 Å². The number of hydrogen-bond acceptors (Lipinski definition) is 3. The van der Waals surface area contributed by atoms with Crippen LogP contribution in [0, 0.1) is 3.57 Å². The Labute approximate surface area is 201 Å². The number of carboxylic acids is 1. The van der Waals surface area contributed by atoms with E-state index in [1.165, 1.54) is 23.9 Å².